The van der Waals surface area contributed by atoms with E-state index in [1.165, 1.54) is 38.9 Å². The molecule has 0 amide bonds. The van der Waals surface area contributed by atoms with Gasteiger partial charge in [-0.05, 0) is 51.4 Å². The lowest BCUT2D eigenvalue weighted by Crippen LogP contribution is -2.42. The zero-order chi connectivity index (χ0) is 12.8. The van der Waals surface area contributed by atoms with Gasteiger partial charge in [-0.2, -0.15) is 0 Å². The van der Waals surface area contributed by atoms with Crippen molar-refractivity contribution in [1.82, 2.24) is 10.6 Å². The molecule has 1 heterocycles. The minimum absolute atomic E-state index is 0.949. The monoisotopic (exact) mass is 230 g/mol. The maximum atomic E-state index is 3.33. The van der Waals surface area contributed by atoms with Crippen molar-refractivity contribution in [2.75, 3.05) is 26.7 Å². The molecule has 1 saturated heterocycles. The van der Waals surface area contributed by atoms with Crippen LogP contribution in [0.15, 0.2) is 0 Å². The first-order valence-corrected chi connectivity index (χ1v) is 7.22. The molecule has 1 unspecified atom stereocenters. The van der Waals surface area contributed by atoms with Crippen molar-refractivity contribution >= 4 is 0 Å². The Bertz CT molecular complexity index is 111. The highest BCUT2D eigenvalue weighted by Gasteiger charge is 2.20. The van der Waals surface area contributed by atoms with Crippen LogP contribution in [0.5, 0.6) is 0 Å². The van der Waals surface area contributed by atoms with E-state index in [1.807, 2.05) is 34.7 Å². The lowest BCUT2D eigenvalue weighted by molar-refractivity contribution is 0.262. The summed E-state index contributed by atoms with van der Waals surface area (Å²) < 4.78 is 0. The first kappa shape index (κ1) is 18.3. The summed E-state index contributed by atoms with van der Waals surface area (Å²) in [4.78, 5) is 0. The summed E-state index contributed by atoms with van der Waals surface area (Å²) in [7, 11) is 2.04. The molecule has 100 valence electrons. The van der Waals surface area contributed by atoms with E-state index in [4.69, 9.17) is 0 Å². The Morgan fingerprint density at radius 2 is 1.75 bits per heavy atom. The van der Waals surface area contributed by atoms with Crippen LogP contribution in [-0.4, -0.2) is 26.7 Å². The minimum atomic E-state index is 0.949. The van der Waals surface area contributed by atoms with E-state index in [1.54, 1.807) is 0 Å². The largest absolute Gasteiger partial charge is 0.320 e. The van der Waals surface area contributed by atoms with Crippen molar-refractivity contribution in [2.45, 2.75) is 53.9 Å². The van der Waals surface area contributed by atoms with Crippen molar-refractivity contribution < 1.29 is 0 Å². The Hall–Kier alpha value is -0.0800. The molecule has 1 aliphatic rings. The molecule has 0 saturated carbocycles. The van der Waals surface area contributed by atoms with Crippen LogP contribution in [0.1, 0.15) is 53.9 Å². The Morgan fingerprint density at radius 1 is 1.19 bits per heavy atom. The van der Waals surface area contributed by atoms with Gasteiger partial charge < -0.3 is 10.6 Å². The molecule has 1 aliphatic heterocycles. The summed E-state index contributed by atoms with van der Waals surface area (Å²) >= 11 is 0. The predicted molar refractivity (Wildman–Crippen MR) is 76.0 cm³/mol. The van der Waals surface area contributed by atoms with Crippen LogP contribution in [0, 0.1) is 11.8 Å². The second kappa shape index (κ2) is 14.9. The molecule has 0 radical (unpaired) electrons. The lowest BCUT2D eigenvalue weighted by atomic mass is 9.87. The van der Waals surface area contributed by atoms with Gasteiger partial charge in [0.05, 0.1) is 0 Å². The lowest BCUT2D eigenvalue weighted by Gasteiger charge is -2.30. The molecule has 0 aromatic rings. The fourth-order valence-electron chi connectivity index (χ4n) is 1.82. The Kier molecular flexibility index (Phi) is 17.1. The average molecular weight is 230 g/mol. The molecular formula is C14H34N2. The van der Waals surface area contributed by atoms with Crippen molar-refractivity contribution in [3.05, 3.63) is 0 Å². The number of rotatable bonds is 6. The smallest absolute Gasteiger partial charge is 0.000815 e. The molecule has 0 bridgehead atoms. The van der Waals surface area contributed by atoms with E-state index < -0.39 is 0 Å². The highest BCUT2D eigenvalue weighted by molar-refractivity contribution is 4.77. The summed E-state index contributed by atoms with van der Waals surface area (Å²) in [6.45, 7) is 14.0. The zero-order valence-electron chi connectivity index (χ0n) is 12.4. The second-order valence-electron chi connectivity index (χ2n) is 3.93. The van der Waals surface area contributed by atoms with Crippen LogP contribution < -0.4 is 10.6 Å². The van der Waals surface area contributed by atoms with Gasteiger partial charge in [-0.3, -0.25) is 0 Å². The van der Waals surface area contributed by atoms with Gasteiger partial charge >= 0.3 is 0 Å². The Labute approximate surface area is 104 Å². The summed E-state index contributed by atoms with van der Waals surface area (Å²) in [6, 6.07) is 0. The highest BCUT2D eigenvalue weighted by Crippen LogP contribution is 2.21. The molecule has 1 rings (SSSR count). The molecule has 2 heteroatoms. The molecule has 0 aromatic heterocycles. The molecule has 2 nitrogen and oxygen atoms in total. The summed E-state index contributed by atoms with van der Waals surface area (Å²) in [5.41, 5.74) is 0. The third-order valence-corrected chi connectivity index (χ3v) is 2.91. The Morgan fingerprint density at radius 3 is 2.06 bits per heavy atom. The minimum Gasteiger partial charge on any atom is -0.320 e. The van der Waals surface area contributed by atoms with E-state index in [0.717, 1.165) is 11.8 Å². The number of nitrogens with one attached hydrogen (secondary N) is 2. The molecule has 1 atom stereocenters. The van der Waals surface area contributed by atoms with Gasteiger partial charge in [0, 0.05) is 0 Å². The number of hydrogen-bond acceptors (Lipinski definition) is 2. The maximum absolute atomic E-state index is 3.33. The molecule has 0 aliphatic carbocycles. The van der Waals surface area contributed by atoms with Crippen LogP contribution in [0.3, 0.4) is 0 Å². The van der Waals surface area contributed by atoms with Crippen LogP contribution in [0.4, 0.5) is 0 Å². The van der Waals surface area contributed by atoms with Gasteiger partial charge in [-0.1, -0.05) is 41.0 Å². The molecular weight excluding hydrogens is 196 g/mol. The van der Waals surface area contributed by atoms with E-state index in [0.29, 0.717) is 0 Å². The van der Waals surface area contributed by atoms with E-state index in [9.17, 15) is 0 Å². The summed E-state index contributed by atoms with van der Waals surface area (Å²) in [5.74, 6) is 1.93. The van der Waals surface area contributed by atoms with Gasteiger partial charge in [-0.25, -0.2) is 0 Å². The van der Waals surface area contributed by atoms with E-state index >= 15 is 0 Å². The number of hydrogen-bond donors (Lipinski definition) is 2. The van der Waals surface area contributed by atoms with Crippen molar-refractivity contribution in [1.29, 1.82) is 0 Å². The van der Waals surface area contributed by atoms with Crippen LogP contribution in [0.2, 0.25) is 0 Å². The molecule has 2 N–H and O–H groups in total. The first-order chi connectivity index (χ1) is 7.86. The first-order valence-electron chi connectivity index (χ1n) is 7.22. The van der Waals surface area contributed by atoms with Crippen LogP contribution >= 0.6 is 0 Å². The topological polar surface area (TPSA) is 24.1 Å². The van der Waals surface area contributed by atoms with Crippen molar-refractivity contribution in [3.63, 3.8) is 0 Å². The fraction of sp³-hybridized carbons (Fsp3) is 1.00. The van der Waals surface area contributed by atoms with Gasteiger partial charge in [0.15, 0.2) is 0 Å². The summed E-state index contributed by atoms with van der Waals surface area (Å²) in [5, 5.41) is 6.56. The normalized spacial score (nSPS) is 16.1. The zero-order valence-corrected chi connectivity index (χ0v) is 12.4. The Balaban J connectivity index is 0. The molecule has 16 heavy (non-hydrogen) atoms. The maximum Gasteiger partial charge on any atom is -0.000815 e. The molecule has 0 aromatic carbocycles. The van der Waals surface area contributed by atoms with Gasteiger partial charge in [0.25, 0.3) is 0 Å². The van der Waals surface area contributed by atoms with Crippen molar-refractivity contribution in [2.24, 2.45) is 11.8 Å². The molecule has 1 fully saturated rings. The second-order valence-corrected chi connectivity index (χ2v) is 3.93. The van der Waals surface area contributed by atoms with E-state index in [2.05, 4.69) is 17.6 Å². The third-order valence-electron chi connectivity index (χ3n) is 2.91. The van der Waals surface area contributed by atoms with Gasteiger partial charge in [0.2, 0.25) is 0 Å². The van der Waals surface area contributed by atoms with Crippen LogP contribution in [-0.2, 0) is 0 Å². The standard InChI is InChI=1S/C10H22N2.2C2H6/c1-3-9(4-5-11-2)6-10-7-12-8-10;2*1-2/h9-12H,3-8H2,1-2H3;2*1-2H3. The van der Waals surface area contributed by atoms with Crippen molar-refractivity contribution in [3.8, 4) is 0 Å². The quantitative estimate of drug-likeness (QED) is 0.732. The third kappa shape index (κ3) is 9.17. The fourth-order valence-corrected chi connectivity index (χ4v) is 1.82. The van der Waals surface area contributed by atoms with E-state index in [-0.39, 0.29) is 0 Å². The van der Waals surface area contributed by atoms with Gasteiger partial charge in [0.1, 0.15) is 0 Å². The average Bonchev–Trinajstić information content (AvgIpc) is 2.32. The predicted octanol–water partition coefficient (Wildman–Crippen LogP) is 3.28. The van der Waals surface area contributed by atoms with Gasteiger partial charge in [-0.15, -0.1) is 0 Å². The summed E-state index contributed by atoms with van der Waals surface area (Å²) in [6.07, 6.45) is 4.13. The van der Waals surface area contributed by atoms with Crippen LogP contribution in [0.25, 0.3) is 0 Å². The highest BCUT2D eigenvalue weighted by atomic mass is 14.9. The SMILES string of the molecule is CC.CC.CCC(CCNC)CC1CNC1. The molecule has 0 spiro atoms.